The molecule has 2 N–H and O–H groups in total. The number of aryl methyl sites for hydroxylation is 1. The number of fused-ring (bicyclic) bond motifs is 1. The van der Waals surface area contributed by atoms with Gasteiger partial charge in [-0.15, -0.1) is 0 Å². The van der Waals surface area contributed by atoms with Gasteiger partial charge in [0, 0.05) is 19.0 Å². The second kappa shape index (κ2) is 6.75. The highest BCUT2D eigenvalue weighted by Gasteiger charge is 2.12. The lowest BCUT2D eigenvalue weighted by atomic mass is 10.2. The Kier molecular flexibility index (Phi) is 5.01. The lowest BCUT2D eigenvalue weighted by Crippen LogP contribution is -2.10. The standard InChI is InChI=1S/C16H25N3O/c1-4-20-13-7-8-15-14(10-13)18-16(6-5-9-17)19(15)11-12(2)3/h7-8,10,12H,4-6,9,11,17H2,1-3H3. The Labute approximate surface area is 120 Å². The molecule has 0 spiro atoms. The van der Waals surface area contributed by atoms with Gasteiger partial charge in [0.2, 0.25) is 0 Å². The summed E-state index contributed by atoms with van der Waals surface area (Å²) in [7, 11) is 0. The maximum Gasteiger partial charge on any atom is 0.121 e. The molecule has 20 heavy (non-hydrogen) atoms. The minimum Gasteiger partial charge on any atom is -0.494 e. The topological polar surface area (TPSA) is 53.1 Å². The predicted octanol–water partition coefficient (Wildman–Crippen LogP) is 2.98. The van der Waals surface area contributed by atoms with Crippen LogP contribution in [0.3, 0.4) is 0 Å². The van der Waals surface area contributed by atoms with Gasteiger partial charge in [0.25, 0.3) is 0 Å². The fraction of sp³-hybridized carbons (Fsp3) is 0.562. The second-order valence-corrected chi connectivity index (χ2v) is 5.51. The van der Waals surface area contributed by atoms with Gasteiger partial charge in [-0.3, -0.25) is 0 Å². The summed E-state index contributed by atoms with van der Waals surface area (Å²) in [5, 5.41) is 0. The van der Waals surface area contributed by atoms with E-state index in [0.29, 0.717) is 19.1 Å². The molecule has 0 aliphatic carbocycles. The van der Waals surface area contributed by atoms with Crippen molar-refractivity contribution >= 4 is 11.0 Å². The van der Waals surface area contributed by atoms with Crippen LogP contribution in [0.4, 0.5) is 0 Å². The van der Waals surface area contributed by atoms with Crippen LogP contribution in [0.25, 0.3) is 11.0 Å². The van der Waals surface area contributed by atoms with Crippen molar-refractivity contribution in [1.82, 2.24) is 9.55 Å². The predicted molar refractivity (Wildman–Crippen MR) is 83.1 cm³/mol. The summed E-state index contributed by atoms with van der Waals surface area (Å²) in [6.45, 7) is 8.83. The summed E-state index contributed by atoms with van der Waals surface area (Å²) >= 11 is 0. The first kappa shape index (κ1) is 14.9. The molecular weight excluding hydrogens is 250 g/mol. The molecule has 2 rings (SSSR count). The third-order valence-electron chi connectivity index (χ3n) is 3.26. The molecule has 0 amide bonds. The maximum absolute atomic E-state index is 5.63. The average Bonchev–Trinajstić information content (AvgIpc) is 2.73. The van der Waals surface area contributed by atoms with Crippen LogP contribution in [-0.4, -0.2) is 22.7 Å². The molecule has 0 saturated carbocycles. The maximum atomic E-state index is 5.63. The molecule has 1 aromatic heterocycles. The molecule has 0 aliphatic rings. The van der Waals surface area contributed by atoms with Gasteiger partial charge in [-0.2, -0.15) is 0 Å². The molecule has 0 unspecified atom stereocenters. The van der Waals surface area contributed by atoms with Crippen molar-refractivity contribution in [3.63, 3.8) is 0 Å². The van der Waals surface area contributed by atoms with Crippen molar-refractivity contribution in [3.05, 3.63) is 24.0 Å². The fourth-order valence-electron chi connectivity index (χ4n) is 2.44. The summed E-state index contributed by atoms with van der Waals surface area (Å²) in [4.78, 5) is 4.77. The molecule has 4 heteroatoms. The quantitative estimate of drug-likeness (QED) is 0.845. The van der Waals surface area contributed by atoms with E-state index in [1.165, 1.54) is 5.52 Å². The third kappa shape index (κ3) is 3.31. The van der Waals surface area contributed by atoms with E-state index in [2.05, 4.69) is 24.5 Å². The first-order valence-electron chi connectivity index (χ1n) is 7.47. The molecule has 4 nitrogen and oxygen atoms in total. The van der Waals surface area contributed by atoms with Crippen molar-refractivity contribution in [3.8, 4) is 5.75 Å². The van der Waals surface area contributed by atoms with Gasteiger partial charge in [-0.1, -0.05) is 13.8 Å². The van der Waals surface area contributed by atoms with Gasteiger partial charge in [0.15, 0.2) is 0 Å². The number of imidazole rings is 1. The number of rotatable bonds is 7. The van der Waals surface area contributed by atoms with Crippen LogP contribution < -0.4 is 10.5 Å². The van der Waals surface area contributed by atoms with E-state index in [1.807, 2.05) is 19.1 Å². The number of hydrogen-bond acceptors (Lipinski definition) is 3. The van der Waals surface area contributed by atoms with Gasteiger partial charge in [0.05, 0.1) is 17.6 Å². The molecule has 1 heterocycles. The molecule has 0 radical (unpaired) electrons. The summed E-state index contributed by atoms with van der Waals surface area (Å²) < 4.78 is 7.88. The summed E-state index contributed by atoms with van der Waals surface area (Å²) in [5.41, 5.74) is 7.83. The lowest BCUT2D eigenvalue weighted by molar-refractivity contribution is 0.340. The summed E-state index contributed by atoms with van der Waals surface area (Å²) in [6, 6.07) is 6.17. The van der Waals surface area contributed by atoms with E-state index in [4.69, 9.17) is 15.5 Å². The Morgan fingerprint density at radius 2 is 2.15 bits per heavy atom. The fourth-order valence-corrected chi connectivity index (χ4v) is 2.44. The second-order valence-electron chi connectivity index (χ2n) is 5.51. The number of nitrogens with two attached hydrogens (primary N) is 1. The van der Waals surface area contributed by atoms with E-state index in [-0.39, 0.29) is 0 Å². The van der Waals surface area contributed by atoms with Gasteiger partial charge < -0.3 is 15.0 Å². The van der Waals surface area contributed by atoms with Crippen molar-refractivity contribution in [1.29, 1.82) is 0 Å². The average molecular weight is 275 g/mol. The smallest absolute Gasteiger partial charge is 0.121 e. The van der Waals surface area contributed by atoms with Crippen molar-refractivity contribution < 1.29 is 4.74 Å². The Hall–Kier alpha value is -1.55. The monoisotopic (exact) mass is 275 g/mol. The molecule has 110 valence electrons. The first-order valence-corrected chi connectivity index (χ1v) is 7.47. The number of hydrogen-bond donors (Lipinski definition) is 1. The Morgan fingerprint density at radius 3 is 2.80 bits per heavy atom. The summed E-state index contributed by atoms with van der Waals surface area (Å²) in [5.74, 6) is 2.61. The molecule has 0 bridgehead atoms. The van der Waals surface area contributed by atoms with Crippen molar-refractivity contribution in [2.75, 3.05) is 13.2 Å². The minimum absolute atomic E-state index is 0.593. The molecular formula is C16H25N3O. The first-order chi connectivity index (χ1) is 9.65. The molecule has 0 saturated heterocycles. The van der Waals surface area contributed by atoms with Crippen LogP contribution in [0, 0.1) is 5.92 Å². The van der Waals surface area contributed by atoms with Crippen molar-refractivity contribution in [2.24, 2.45) is 11.7 Å². The van der Waals surface area contributed by atoms with Crippen LogP contribution in [0.5, 0.6) is 5.75 Å². The molecule has 1 aromatic carbocycles. The highest BCUT2D eigenvalue weighted by Crippen LogP contribution is 2.23. The lowest BCUT2D eigenvalue weighted by Gasteiger charge is -2.11. The molecule has 0 atom stereocenters. The summed E-state index contributed by atoms with van der Waals surface area (Å²) in [6.07, 6.45) is 1.90. The van der Waals surface area contributed by atoms with Crippen molar-refractivity contribution in [2.45, 2.75) is 40.2 Å². The van der Waals surface area contributed by atoms with Crippen LogP contribution in [0.1, 0.15) is 33.0 Å². The van der Waals surface area contributed by atoms with E-state index in [1.54, 1.807) is 0 Å². The molecule has 0 fully saturated rings. The Morgan fingerprint density at radius 1 is 1.35 bits per heavy atom. The largest absolute Gasteiger partial charge is 0.494 e. The van der Waals surface area contributed by atoms with Gasteiger partial charge in [0.1, 0.15) is 11.6 Å². The zero-order chi connectivity index (χ0) is 14.5. The Bertz CT molecular complexity index is 560. The zero-order valence-corrected chi connectivity index (χ0v) is 12.7. The molecule has 2 aromatic rings. The third-order valence-corrected chi connectivity index (χ3v) is 3.26. The number of ether oxygens (including phenoxy) is 1. The number of aromatic nitrogens is 2. The van der Waals surface area contributed by atoms with Crippen LogP contribution in [-0.2, 0) is 13.0 Å². The number of nitrogens with zero attached hydrogens (tertiary/aromatic N) is 2. The highest BCUT2D eigenvalue weighted by atomic mass is 16.5. The molecule has 0 aliphatic heterocycles. The van der Waals surface area contributed by atoms with E-state index in [0.717, 1.165) is 36.5 Å². The Balaban J connectivity index is 2.41. The van der Waals surface area contributed by atoms with E-state index < -0.39 is 0 Å². The zero-order valence-electron chi connectivity index (χ0n) is 12.7. The highest BCUT2D eigenvalue weighted by molar-refractivity contribution is 5.77. The normalized spacial score (nSPS) is 11.4. The van der Waals surface area contributed by atoms with Crippen LogP contribution in [0.15, 0.2) is 18.2 Å². The van der Waals surface area contributed by atoms with Gasteiger partial charge >= 0.3 is 0 Å². The van der Waals surface area contributed by atoms with Crippen LogP contribution >= 0.6 is 0 Å². The van der Waals surface area contributed by atoms with Crippen LogP contribution in [0.2, 0.25) is 0 Å². The SMILES string of the molecule is CCOc1ccc2c(c1)nc(CCCN)n2CC(C)C. The van der Waals surface area contributed by atoms with E-state index >= 15 is 0 Å². The van der Waals surface area contributed by atoms with Gasteiger partial charge in [-0.25, -0.2) is 4.98 Å². The number of benzene rings is 1. The van der Waals surface area contributed by atoms with Gasteiger partial charge in [-0.05, 0) is 37.9 Å². The van der Waals surface area contributed by atoms with E-state index in [9.17, 15) is 0 Å². The minimum atomic E-state index is 0.593.